The maximum atomic E-state index is 11.4. The molecule has 0 rings (SSSR count). The lowest BCUT2D eigenvalue weighted by molar-refractivity contribution is -0.121. The van der Waals surface area contributed by atoms with Crippen LogP contribution in [-0.4, -0.2) is 18.5 Å². The molecule has 0 aliphatic rings. The molecule has 0 radical (unpaired) electrons. The zero-order valence-corrected chi connectivity index (χ0v) is 9.84. The Labute approximate surface area is 91.8 Å². The molecule has 0 aromatic rings. The van der Waals surface area contributed by atoms with Gasteiger partial charge in [-0.05, 0) is 11.8 Å². The highest BCUT2D eigenvalue weighted by Crippen LogP contribution is 2.19. The second kappa shape index (κ2) is 6.41. The topological polar surface area (TPSA) is 78.9 Å². The number of carbonyl (C=O) groups excluding carboxylic acids is 1. The molecule has 3 N–H and O–H groups in total. The Balaban J connectivity index is 3.71. The molecule has 4 nitrogen and oxygen atoms in total. The van der Waals surface area contributed by atoms with Crippen molar-refractivity contribution >= 4 is 5.91 Å². The monoisotopic (exact) mass is 211 g/mol. The van der Waals surface area contributed by atoms with E-state index in [1.165, 1.54) is 0 Å². The van der Waals surface area contributed by atoms with Crippen LogP contribution in [0.1, 0.15) is 40.0 Å². The second-order valence-electron chi connectivity index (χ2n) is 4.79. The lowest BCUT2D eigenvalue weighted by Crippen LogP contribution is -2.40. The van der Waals surface area contributed by atoms with E-state index < -0.39 is 0 Å². The summed E-state index contributed by atoms with van der Waals surface area (Å²) in [5.41, 5.74) is 5.82. The second-order valence-corrected chi connectivity index (χ2v) is 4.79. The van der Waals surface area contributed by atoms with E-state index in [1.54, 1.807) is 0 Å². The zero-order valence-electron chi connectivity index (χ0n) is 9.84. The quantitative estimate of drug-likeness (QED) is 0.670. The van der Waals surface area contributed by atoms with Crippen LogP contribution in [0, 0.1) is 16.7 Å². The summed E-state index contributed by atoms with van der Waals surface area (Å²) in [5.74, 6) is -0.0321. The Kier molecular flexibility index (Phi) is 5.95. The van der Waals surface area contributed by atoms with Crippen LogP contribution >= 0.6 is 0 Å². The number of nitrogens with two attached hydrogens (primary N) is 1. The highest BCUT2D eigenvalue weighted by Gasteiger charge is 2.22. The molecule has 0 heterocycles. The van der Waals surface area contributed by atoms with Gasteiger partial charge in [0.25, 0.3) is 0 Å². The predicted molar refractivity (Wildman–Crippen MR) is 59.9 cm³/mol. The molecule has 1 amide bonds. The SMILES string of the molecule is CC(C)(C)C(N)CC(=O)NCCCC#N. The molecular weight excluding hydrogens is 190 g/mol. The fraction of sp³-hybridized carbons (Fsp3) is 0.818. The van der Waals surface area contributed by atoms with Gasteiger partial charge in [-0.3, -0.25) is 4.79 Å². The normalized spacial score (nSPS) is 13.0. The third-order valence-corrected chi connectivity index (χ3v) is 2.31. The van der Waals surface area contributed by atoms with Gasteiger partial charge in [0.15, 0.2) is 0 Å². The first-order chi connectivity index (χ1) is 6.88. The molecule has 0 aromatic heterocycles. The van der Waals surface area contributed by atoms with Crippen LogP contribution in [0.5, 0.6) is 0 Å². The number of unbranched alkanes of at least 4 members (excludes halogenated alkanes) is 1. The summed E-state index contributed by atoms with van der Waals surface area (Å²) in [6.45, 7) is 6.60. The van der Waals surface area contributed by atoms with E-state index in [0.29, 0.717) is 25.8 Å². The lowest BCUT2D eigenvalue weighted by Gasteiger charge is -2.26. The average Bonchev–Trinajstić information content (AvgIpc) is 2.11. The molecule has 0 fully saturated rings. The van der Waals surface area contributed by atoms with Crippen LogP contribution in [0.15, 0.2) is 0 Å². The maximum absolute atomic E-state index is 11.4. The molecule has 1 atom stereocenters. The lowest BCUT2D eigenvalue weighted by atomic mass is 9.85. The van der Waals surface area contributed by atoms with E-state index in [1.807, 2.05) is 26.8 Å². The van der Waals surface area contributed by atoms with Gasteiger partial charge in [0.2, 0.25) is 5.91 Å². The van der Waals surface area contributed by atoms with Gasteiger partial charge < -0.3 is 11.1 Å². The van der Waals surface area contributed by atoms with E-state index in [4.69, 9.17) is 11.0 Å². The number of hydrogen-bond acceptors (Lipinski definition) is 3. The van der Waals surface area contributed by atoms with Gasteiger partial charge in [0.1, 0.15) is 0 Å². The molecule has 0 bridgehead atoms. The Morgan fingerprint density at radius 1 is 1.53 bits per heavy atom. The number of hydrogen-bond donors (Lipinski definition) is 2. The number of carbonyl (C=O) groups is 1. The summed E-state index contributed by atoms with van der Waals surface area (Å²) in [6, 6.07) is 1.90. The van der Waals surface area contributed by atoms with Crippen molar-refractivity contribution in [1.82, 2.24) is 5.32 Å². The number of nitrogens with one attached hydrogen (secondary N) is 1. The molecular formula is C11H21N3O. The van der Waals surface area contributed by atoms with Gasteiger partial charge in [0, 0.05) is 25.4 Å². The molecule has 86 valence electrons. The Morgan fingerprint density at radius 3 is 2.60 bits per heavy atom. The summed E-state index contributed by atoms with van der Waals surface area (Å²) in [6.07, 6.45) is 1.52. The van der Waals surface area contributed by atoms with Crippen molar-refractivity contribution < 1.29 is 4.79 Å². The molecule has 1 unspecified atom stereocenters. The largest absolute Gasteiger partial charge is 0.356 e. The Bertz CT molecular complexity index is 237. The standard InChI is InChI=1S/C11H21N3O/c1-11(2,3)9(13)8-10(15)14-7-5-4-6-12/h9H,4-5,7-8,13H2,1-3H3,(H,14,15). The Hall–Kier alpha value is -1.08. The van der Waals surface area contributed by atoms with Crippen LogP contribution in [0.2, 0.25) is 0 Å². The summed E-state index contributed by atoms with van der Waals surface area (Å²) >= 11 is 0. The van der Waals surface area contributed by atoms with E-state index in [0.717, 1.165) is 0 Å². The van der Waals surface area contributed by atoms with Crippen molar-refractivity contribution in [3.63, 3.8) is 0 Å². The van der Waals surface area contributed by atoms with Crippen LogP contribution in [0.25, 0.3) is 0 Å². The molecule has 15 heavy (non-hydrogen) atoms. The highest BCUT2D eigenvalue weighted by atomic mass is 16.1. The minimum absolute atomic E-state index is 0.0321. The van der Waals surface area contributed by atoms with E-state index in [9.17, 15) is 4.79 Å². The number of nitrogens with zero attached hydrogens (tertiary/aromatic N) is 1. The summed E-state index contributed by atoms with van der Waals surface area (Å²) in [5, 5.41) is 11.1. The van der Waals surface area contributed by atoms with Gasteiger partial charge >= 0.3 is 0 Å². The molecule has 0 aromatic carbocycles. The number of amides is 1. The smallest absolute Gasteiger partial charge is 0.221 e. The number of rotatable bonds is 5. The predicted octanol–water partition coefficient (Wildman–Crippen LogP) is 1.17. The van der Waals surface area contributed by atoms with E-state index >= 15 is 0 Å². The van der Waals surface area contributed by atoms with Crippen molar-refractivity contribution in [2.45, 2.75) is 46.1 Å². The highest BCUT2D eigenvalue weighted by molar-refractivity contribution is 5.76. The zero-order chi connectivity index (χ0) is 11.9. The first-order valence-corrected chi connectivity index (χ1v) is 5.27. The van der Waals surface area contributed by atoms with Crippen molar-refractivity contribution in [1.29, 1.82) is 5.26 Å². The third kappa shape index (κ3) is 6.92. The first-order valence-electron chi connectivity index (χ1n) is 5.27. The fourth-order valence-corrected chi connectivity index (χ4v) is 0.973. The summed E-state index contributed by atoms with van der Waals surface area (Å²) in [7, 11) is 0. The van der Waals surface area contributed by atoms with E-state index in [-0.39, 0.29) is 17.4 Å². The molecule has 4 heteroatoms. The van der Waals surface area contributed by atoms with Crippen molar-refractivity contribution in [2.75, 3.05) is 6.54 Å². The fourth-order valence-electron chi connectivity index (χ4n) is 0.973. The number of nitriles is 1. The van der Waals surface area contributed by atoms with E-state index in [2.05, 4.69) is 5.32 Å². The average molecular weight is 211 g/mol. The van der Waals surface area contributed by atoms with Crippen LogP contribution in [0.4, 0.5) is 0 Å². The molecule has 0 saturated carbocycles. The van der Waals surface area contributed by atoms with Gasteiger partial charge in [-0.25, -0.2) is 0 Å². The minimum Gasteiger partial charge on any atom is -0.356 e. The van der Waals surface area contributed by atoms with Gasteiger partial charge in [-0.1, -0.05) is 20.8 Å². The Morgan fingerprint density at radius 2 is 2.13 bits per heavy atom. The molecule has 0 spiro atoms. The molecule has 0 saturated heterocycles. The maximum Gasteiger partial charge on any atom is 0.221 e. The van der Waals surface area contributed by atoms with Crippen LogP contribution < -0.4 is 11.1 Å². The summed E-state index contributed by atoms with van der Waals surface area (Å²) in [4.78, 5) is 11.4. The van der Waals surface area contributed by atoms with Crippen molar-refractivity contribution in [3.05, 3.63) is 0 Å². The van der Waals surface area contributed by atoms with Crippen LogP contribution in [0.3, 0.4) is 0 Å². The molecule has 0 aliphatic heterocycles. The van der Waals surface area contributed by atoms with Gasteiger partial charge in [-0.2, -0.15) is 5.26 Å². The van der Waals surface area contributed by atoms with Crippen LogP contribution in [-0.2, 0) is 4.79 Å². The van der Waals surface area contributed by atoms with Crippen molar-refractivity contribution in [2.24, 2.45) is 11.1 Å². The third-order valence-electron chi connectivity index (χ3n) is 2.31. The van der Waals surface area contributed by atoms with Gasteiger partial charge in [0.05, 0.1) is 6.07 Å². The van der Waals surface area contributed by atoms with Crippen molar-refractivity contribution in [3.8, 4) is 6.07 Å². The molecule has 0 aliphatic carbocycles. The first kappa shape index (κ1) is 13.9. The minimum atomic E-state index is -0.131. The van der Waals surface area contributed by atoms with Gasteiger partial charge in [-0.15, -0.1) is 0 Å². The summed E-state index contributed by atoms with van der Waals surface area (Å²) < 4.78 is 0.